The third kappa shape index (κ3) is 2.10. The average Bonchev–Trinajstić information content (AvgIpc) is 3.16. The summed E-state index contributed by atoms with van der Waals surface area (Å²) in [6, 6.07) is 2.09. The quantitative estimate of drug-likeness (QED) is 0.910. The second kappa shape index (κ2) is 4.35. The van der Waals surface area contributed by atoms with Crippen LogP contribution in [0.15, 0.2) is 18.5 Å². The highest BCUT2D eigenvalue weighted by atomic mass is 16.2. The Hall–Kier alpha value is -1.88. The minimum absolute atomic E-state index is 0.00662. The van der Waals surface area contributed by atoms with Crippen molar-refractivity contribution in [1.82, 2.24) is 9.38 Å². The van der Waals surface area contributed by atoms with E-state index in [0.29, 0.717) is 12.5 Å². The fourth-order valence-electron chi connectivity index (χ4n) is 2.31. The zero-order chi connectivity index (χ0) is 13.6. The number of carbonyl (C=O) groups excluding carboxylic acids is 1. The van der Waals surface area contributed by atoms with Gasteiger partial charge in [-0.05, 0) is 30.4 Å². The van der Waals surface area contributed by atoms with Crippen molar-refractivity contribution in [2.24, 2.45) is 5.73 Å². The molecule has 0 aliphatic heterocycles. The molecule has 0 bridgehead atoms. The Morgan fingerprint density at radius 2 is 2.26 bits per heavy atom. The molecule has 5 nitrogen and oxygen atoms in total. The Morgan fingerprint density at radius 3 is 2.84 bits per heavy atom. The number of aromatic nitrogens is 2. The molecule has 1 aliphatic carbocycles. The summed E-state index contributed by atoms with van der Waals surface area (Å²) < 4.78 is 1.99. The van der Waals surface area contributed by atoms with Crippen molar-refractivity contribution in [2.75, 3.05) is 11.9 Å². The van der Waals surface area contributed by atoms with Gasteiger partial charge in [0, 0.05) is 32.9 Å². The third-order valence-corrected chi connectivity index (χ3v) is 3.69. The lowest BCUT2D eigenvalue weighted by molar-refractivity contribution is -0.116. The van der Waals surface area contributed by atoms with Crippen LogP contribution in [-0.2, 0) is 11.3 Å². The van der Waals surface area contributed by atoms with Crippen molar-refractivity contribution in [1.29, 1.82) is 0 Å². The van der Waals surface area contributed by atoms with Gasteiger partial charge in [-0.2, -0.15) is 0 Å². The number of amides is 1. The number of nitrogens with zero attached hydrogens (tertiary/aromatic N) is 3. The first-order valence-electron chi connectivity index (χ1n) is 6.56. The standard InChI is InChI=1S/C14H18N4O/c1-9(19)17(2)13-5-11(10-3-4-10)7-18-8-12(6-15)16-14(13)18/h5,7-8,10H,3-4,6,15H2,1-2H3. The summed E-state index contributed by atoms with van der Waals surface area (Å²) in [5.74, 6) is 0.638. The van der Waals surface area contributed by atoms with Crippen LogP contribution in [0.4, 0.5) is 5.69 Å². The van der Waals surface area contributed by atoms with Gasteiger partial charge in [0.1, 0.15) is 0 Å². The van der Waals surface area contributed by atoms with Crippen LogP contribution in [0.1, 0.15) is 36.9 Å². The summed E-state index contributed by atoms with van der Waals surface area (Å²) in [7, 11) is 1.78. The minimum atomic E-state index is 0.00662. The van der Waals surface area contributed by atoms with Gasteiger partial charge in [0.05, 0.1) is 11.4 Å². The largest absolute Gasteiger partial charge is 0.325 e. The van der Waals surface area contributed by atoms with Gasteiger partial charge in [-0.1, -0.05) is 0 Å². The molecule has 0 atom stereocenters. The first kappa shape index (κ1) is 12.2. The monoisotopic (exact) mass is 258 g/mol. The Kier molecular flexibility index (Phi) is 2.78. The molecule has 2 N–H and O–H groups in total. The van der Waals surface area contributed by atoms with Gasteiger partial charge in [-0.25, -0.2) is 4.98 Å². The van der Waals surface area contributed by atoms with Crippen molar-refractivity contribution in [3.63, 3.8) is 0 Å². The molecular weight excluding hydrogens is 240 g/mol. The smallest absolute Gasteiger partial charge is 0.223 e. The van der Waals surface area contributed by atoms with E-state index >= 15 is 0 Å². The highest BCUT2D eigenvalue weighted by Crippen LogP contribution is 2.41. The number of fused-ring (bicyclic) bond motifs is 1. The topological polar surface area (TPSA) is 63.6 Å². The van der Waals surface area contributed by atoms with Crippen LogP contribution in [-0.4, -0.2) is 22.3 Å². The van der Waals surface area contributed by atoms with Crippen LogP contribution in [0.5, 0.6) is 0 Å². The van der Waals surface area contributed by atoms with Gasteiger partial charge in [0.25, 0.3) is 0 Å². The number of carbonyl (C=O) groups is 1. The Morgan fingerprint density at radius 1 is 1.53 bits per heavy atom. The van der Waals surface area contributed by atoms with Gasteiger partial charge >= 0.3 is 0 Å². The van der Waals surface area contributed by atoms with Gasteiger partial charge < -0.3 is 15.0 Å². The van der Waals surface area contributed by atoms with E-state index in [9.17, 15) is 4.79 Å². The SMILES string of the molecule is CC(=O)N(C)c1cc(C2CC2)cn2cc(CN)nc12. The average molecular weight is 258 g/mol. The van der Waals surface area contributed by atoms with E-state index in [2.05, 4.69) is 17.2 Å². The summed E-state index contributed by atoms with van der Waals surface area (Å²) in [6.07, 6.45) is 6.51. The van der Waals surface area contributed by atoms with Crippen LogP contribution in [0.25, 0.3) is 5.65 Å². The fourth-order valence-corrected chi connectivity index (χ4v) is 2.31. The Bertz CT molecular complexity index is 642. The first-order chi connectivity index (χ1) is 9.10. The second-order valence-electron chi connectivity index (χ2n) is 5.18. The van der Waals surface area contributed by atoms with E-state index < -0.39 is 0 Å². The molecule has 0 unspecified atom stereocenters. The lowest BCUT2D eigenvalue weighted by Gasteiger charge is -2.17. The maximum absolute atomic E-state index is 11.6. The summed E-state index contributed by atoms with van der Waals surface area (Å²) >= 11 is 0. The zero-order valence-corrected chi connectivity index (χ0v) is 11.3. The van der Waals surface area contributed by atoms with E-state index in [0.717, 1.165) is 17.0 Å². The summed E-state index contributed by atoms with van der Waals surface area (Å²) in [6.45, 7) is 1.97. The molecule has 0 saturated heterocycles. The number of anilines is 1. The van der Waals surface area contributed by atoms with Crippen LogP contribution in [0.3, 0.4) is 0 Å². The van der Waals surface area contributed by atoms with Crippen LogP contribution in [0.2, 0.25) is 0 Å². The van der Waals surface area contributed by atoms with Gasteiger partial charge in [-0.3, -0.25) is 4.79 Å². The highest BCUT2D eigenvalue weighted by Gasteiger charge is 2.26. The molecule has 1 fully saturated rings. The number of imidazole rings is 1. The fraction of sp³-hybridized carbons (Fsp3) is 0.429. The normalized spacial score (nSPS) is 14.9. The van der Waals surface area contributed by atoms with Crippen molar-refractivity contribution in [2.45, 2.75) is 32.2 Å². The molecule has 19 heavy (non-hydrogen) atoms. The molecule has 0 spiro atoms. The van der Waals surface area contributed by atoms with E-state index in [1.165, 1.54) is 18.4 Å². The number of nitrogens with two attached hydrogens (primary N) is 1. The summed E-state index contributed by atoms with van der Waals surface area (Å²) in [4.78, 5) is 17.8. The molecule has 5 heteroatoms. The van der Waals surface area contributed by atoms with Crippen molar-refractivity contribution < 1.29 is 4.79 Å². The molecule has 2 aromatic heterocycles. The Balaban J connectivity index is 2.20. The Labute approximate surface area is 112 Å². The minimum Gasteiger partial charge on any atom is -0.325 e. The van der Waals surface area contributed by atoms with E-state index in [4.69, 9.17) is 5.73 Å². The summed E-state index contributed by atoms with van der Waals surface area (Å²) in [5.41, 5.74) is 9.42. The van der Waals surface area contributed by atoms with Crippen molar-refractivity contribution >= 4 is 17.2 Å². The number of hydrogen-bond donors (Lipinski definition) is 1. The van der Waals surface area contributed by atoms with Gasteiger partial charge in [-0.15, -0.1) is 0 Å². The maximum atomic E-state index is 11.6. The molecule has 1 saturated carbocycles. The summed E-state index contributed by atoms with van der Waals surface area (Å²) in [5, 5.41) is 0. The van der Waals surface area contributed by atoms with Crippen LogP contribution >= 0.6 is 0 Å². The van der Waals surface area contributed by atoms with Gasteiger partial charge in [0.15, 0.2) is 5.65 Å². The lowest BCUT2D eigenvalue weighted by Crippen LogP contribution is -2.23. The molecule has 2 heterocycles. The maximum Gasteiger partial charge on any atom is 0.223 e. The number of rotatable bonds is 3. The van der Waals surface area contributed by atoms with Crippen molar-refractivity contribution in [3.8, 4) is 0 Å². The molecule has 1 aliphatic rings. The number of hydrogen-bond acceptors (Lipinski definition) is 3. The van der Waals surface area contributed by atoms with E-state index in [1.807, 2.05) is 10.6 Å². The lowest BCUT2D eigenvalue weighted by atomic mass is 10.1. The predicted octanol–water partition coefficient (Wildman–Crippen LogP) is 1.65. The number of pyridine rings is 1. The highest BCUT2D eigenvalue weighted by molar-refractivity contribution is 5.94. The van der Waals surface area contributed by atoms with Gasteiger partial charge in [0.2, 0.25) is 5.91 Å². The first-order valence-corrected chi connectivity index (χ1v) is 6.56. The van der Waals surface area contributed by atoms with E-state index in [-0.39, 0.29) is 5.91 Å². The molecule has 2 aromatic rings. The molecule has 1 amide bonds. The molecule has 0 radical (unpaired) electrons. The second-order valence-corrected chi connectivity index (χ2v) is 5.18. The van der Waals surface area contributed by atoms with Crippen LogP contribution in [0, 0.1) is 0 Å². The van der Waals surface area contributed by atoms with E-state index in [1.54, 1.807) is 18.9 Å². The predicted molar refractivity (Wildman–Crippen MR) is 74.1 cm³/mol. The molecular formula is C14H18N4O. The molecule has 100 valence electrons. The van der Waals surface area contributed by atoms with Crippen molar-refractivity contribution in [3.05, 3.63) is 29.7 Å². The zero-order valence-electron chi connectivity index (χ0n) is 11.3. The molecule has 0 aromatic carbocycles. The van der Waals surface area contributed by atoms with Crippen LogP contribution < -0.4 is 10.6 Å². The molecule has 3 rings (SSSR count). The third-order valence-electron chi connectivity index (χ3n) is 3.69.